The zero-order valence-electron chi connectivity index (χ0n) is 7.21. The SMILES string of the molecule is O=C(O)n1cc(CO)c2cccnc21. The second kappa shape index (κ2) is 3.12. The van der Waals surface area contributed by atoms with E-state index in [-0.39, 0.29) is 6.61 Å². The molecule has 2 aromatic heterocycles. The summed E-state index contributed by atoms with van der Waals surface area (Å²) in [6.45, 7) is -0.192. The van der Waals surface area contributed by atoms with E-state index in [2.05, 4.69) is 4.98 Å². The molecule has 0 aliphatic heterocycles. The molecule has 2 heterocycles. The lowest BCUT2D eigenvalue weighted by atomic mass is 10.2. The zero-order valence-corrected chi connectivity index (χ0v) is 7.21. The summed E-state index contributed by atoms with van der Waals surface area (Å²) in [5, 5.41) is 18.5. The minimum absolute atomic E-state index is 0.192. The standard InChI is InChI=1S/C9H8N2O3/c12-5-6-4-11(9(13)14)8-7(6)2-1-3-10-8/h1-4,12H,5H2,(H,13,14). The van der Waals surface area contributed by atoms with Crippen LogP contribution in [0.5, 0.6) is 0 Å². The van der Waals surface area contributed by atoms with Gasteiger partial charge in [0.05, 0.1) is 6.61 Å². The fourth-order valence-corrected chi connectivity index (χ4v) is 1.40. The highest BCUT2D eigenvalue weighted by Gasteiger charge is 2.12. The molecule has 72 valence electrons. The molecule has 14 heavy (non-hydrogen) atoms. The lowest BCUT2D eigenvalue weighted by Crippen LogP contribution is -2.06. The number of hydrogen-bond donors (Lipinski definition) is 2. The van der Waals surface area contributed by atoms with Gasteiger partial charge in [0.1, 0.15) is 5.65 Å². The summed E-state index contributed by atoms with van der Waals surface area (Å²) in [6.07, 6.45) is 1.79. The van der Waals surface area contributed by atoms with Gasteiger partial charge in [0, 0.05) is 23.3 Å². The third kappa shape index (κ3) is 1.14. The maximum absolute atomic E-state index is 10.8. The highest BCUT2D eigenvalue weighted by molar-refractivity contribution is 5.88. The van der Waals surface area contributed by atoms with Gasteiger partial charge >= 0.3 is 6.09 Å². The predicted octanol–water partition coefficient (Wildman–Crippen LogP) is 1.05. The van der Waals surface area contributed by atoms with Crippen LogP contribution in [0.3, 0.4) is 0 Å². The van der Waals surface area contributed by atoms with E-state index < -0.39 is 6.09 Å². The van der Waals surface area contributed by atoms with E-state index in [9.17, 15) is 4.79 Å². The summed E-state index contributed by atoms with van der Waals surface area (Å²) in [6, 6.07) is 3.43. The first-order chi connectivity index (χ1) is 6.74. The molecule has 2 N–H and O–H groups in total. The van der Waals surface area contributed by atoms with Crippen LogP contribution in [0.25, 0.3) is 11.0 Å². The molecule has 0 saturated heterocycles. The molecule has 5 heteroatoms. The number of hydrogen-bond acceptors (Lipinski definition) is 3. The van der Waals surface area contributed by atoms with Crippen LogP contribution in [0.15, 0.2) is 24.5 Å². The van der Waals surface area contributed by atoms with Crippen LogP contribution < -0.4 is 0 Å². The number of carbonyl (C=O) groups is 1. The highest BCUT2D eigenvalue weighted by atomic mass is 16.4. The van der Waals surface area contributed by atoms with Crippen molar-refractivity contribution < 1.29 is 15.0 Å². The van der Waals surface area contributed by atoms with E-state index in [0.29, 0.717) is 16.6 Å². The van der Waals surface area contributed by atoms with Crippen LogP contribution in [0.2, 0.25) is 0 Å². The number of fused-ring (bicyclic) bond motifs is 1. The molecule has 0 atom stereocenters. The summed E-state index contributed by atoms with van der Waals surface area (Å²) < 4.78 is 1.00. The number of carboxylic acid groups (broad SMARTS) is 1. The number of aliphatic hydroxyl groups excluding tert-OH is 1. The Labute approximate surface area is 79.2 Å². The Morgan fingerprint density at radius 3 is 3.00 bits per heavy atom. The molecule has 0 fully saturated rings. The molecule has 0 spiro atoms. The molecule has 2 aromatic rings. The van der Waals surface area contributed by atoms with Crippen molar-refractivity contribution >= 4 is 17.1 Å². The molecule has 0 saturated carbocycles. The summed E-state index contributed by atoms with van der Waals surface area (Å²) in [7, 11) is 0. The molecular weight excluding hydrogens is 184 g/mol. The quantitative estimate of drug-likeness (QED) is 0.708. The second-order valence-corrected chi connectivity index (χ2v) is 2.84. The first-order valence-corrected chi connectivity index (χ1v) is 4.03. The van der Waals surface area contributed by atoms with Crippen molar-refractivity contribution in [3.05, 3.63) is 30.1 Å². The van der Waals surface area contributed by atoms with Crippen molar-refractivity contribution in [2.45, 2.75) is 6.61 Å². The van der Waals surface area contributed by atoms with Crippen molar-refractivity contribution in [2.24, 2.45) is 0 Å². The zero-order chi connectivity index (χ0) is 10.1. The normalized spacial score (nSPS) is 10.6. The number of rotatable bonds is 1. The van der Waals surface area contributed by atoms with Gasteiger partial charge in [-0.05, 0) is 12.1 Å². The first-order valence-electron chi connectivity index (χ1n) is 4.03. The van der Waals surface area contributed by atoms with E-state index in [1.807, 2.05) is 0 Å². The van der Waals surface area contributed by atoms with E-state index in [1.165, 1.54) is 12.4 Å². The lowest BCUT2D eigenvalue weighted by Gasteiger charge is -1.94. The predicted molar refractivity (Wildman–Crippen MR) is 49.1 cm³/mol. The number of pyridine rings is 1. The average molecular weight is 192 g/mol. The van der Waals surface area contributed by atoms with Crippen molar-refractivity contribution in [2.75, 3.05) is 0 Å². The number of aliphatic hydroxyl groups is 1. The maximum atomic E-state index is 10.8. The average Bonchev–Trinajstić information content (AvgIpc) is 2.56. The van der Waals surface area contributed by atoms with Crippen molar-refractivity contribution in [1.82, 2.24) is 9.55 Å². The fraction of sp³-hybridized carbons (Fsp3) is 0.111. The summed E-state index contributed by atoms with van der Waals surface area (Å²) in [5.41, 5.74) is 0.916. The van der Waals surface area contributed by atoms with E-state index in [1.54, 1.807) is 12.1 Å². The third-order valence-corrected chi connectivity index (χ3v) is 2.02. The molecule has 2 rings (SSSR count). The van der Waals surface area contributed by atoms with Gasteiger partial charge in [0.2, 0.25) is 0 Å². The van der Waals surface area contributed by atoms with Crippen LogP contribution in [-0.4, -0.2) is 25.9 Å². The molecule has 0 aromatic carbocycles. The summed E-state index contributed by atoms with van der Waals surface area (Å²) >= 11 is 0. The lowest BCUT2D eigenvalue weighted by molar-refractivity contribution is 0.197. The van der Waals surface area contributed by atoms with Gasteiger partial charge in [0.25, 0.3) is 0 Å². The number of aromatic nitrogens is 2. The second-order valence-electron chi connectivity index (χ2n) is 2.84. The summed E-state index contributed by atoms with van der Waals surface area (Å²) in [5.74, 6) is 0. The fourth-order valence-electron chi connectivity index (χ4n) is 1.40. The Balaban J connectivity index is 2.80. The molecular formula is C9H8N2O3. The van der Waals surface area contributed by atoms with Crippen molar-refractivity contribution in [3.63, 3.8) is 0 Å². The van der Waals surface area contributed by atoms with Crippen LogP contribution in [0, 0.1) is 0 Å². The summed E-state index contributed by atoms with van der Waals surface area (Å²) in [4.78, 5) is 14.7. The molecule has 0 amide bonds. The Morgan fingerprint density at radius 1 is 1.57 bits per heavy atom. The minimum atomic E-state index is -1.10. The Bertz CT molecular complexity index is 490. The third-order valence-electron chi connectivity index (χ3n) is 2.02. The molecule has 0 aliphatic rings. The van der Waals surface area contributed by atoms with Gasteiger partial charge in [-0.2, -0.15) is 0 Å². The van der Waals surface area contributed by atoms with Gasteiger partial charge < -0.3 is 10.2 Å². The number of nitrogens with zero attached hydrogens (tertiary/aromatic N) is 2. The monoisotopic (exact) mass is 192 g/mol. The van der Waals surface area contributed by atoms with E-state index in [0.717, 1.165) is 4.57 Å². The molecule has 0 radical (unpaired) electrons. The van der Waals surface area contributed by atoms with Gasteiger partial charge in [-0.1, -0.05) is 0 Å². The highest BCUT2D eigenvalue weighted by Crippen LogP contribution is 2.18. The first kappa shape index (κ1) is 8.71. The molecule has 5 nitrogen and oxygen atoms in total. The van der Waals surface area contributed by atoms with Gasteiger partial charge in [-0.25, -0.2) is 14.3 Å². The van der Waals surface area contributed by atoms with Crippen molar-refractivity contribution in [1.29, 1.82) is 0 Å². The minimum Gasteiger partial charge on any atom is -0.464 e. The molecule has 0 bridgehead atoms. The van der Waals surface area contributed by atoms with Crippen LogP contribution in [0.4, 0.5) is 4.79 Å². The van der Waals surface area contributed by atoms with E-state index in [4.69, 9.17) is 10.2 Å². The van der Waals surface area contributed by atoms with Crippen LogP contribution in [0.1, 0.15) is 5.56 Å². The van der Waals surface area contributed by atoms with Gasteiger partial charge in [-0.15, -0.1) is 0 Å². The smallest absolute Gasteiger partial charge is 0.417 e. The molecule has 0 aliphatic carbocycles. The molecule has 0 unspecified atom stereocenters. The maximum Gasteiger partial charge on any atom is 0.417 e. The topological polar surface area (TPSA) is 75.3 Å². The van der Waals surface area contributed by atoms with Crippen LogP contribution in [-0.2, 0) is 6.61 Å². The Kier molecular flexibility index (Phi) is 1.94. The van der Waals surface area contributed by atoms with Crippen LogP contribution >= 0.6 is 0 Å². The van der Waals surface area contributed by atoms with Gasteiger partial charge in [0.15, 0.2) is 0 Å². The van der Waals surface area contributed by atoms with Gasteiger partial charge in [-0.3, -0.25) is 0 Å². The Hall–Kier alpha value is -1.88. The Morgan fingerprint density at radius 2 is 2.36 bits per heavy atom. The van der Waals surface area contributed by atoms with Crippen molar-refractivity contribution in [3.8, 4) is 0 Å². The largest absolute Gasteiger partial charge is 0.464 e. The van der Waals surface area contributed by atoms with E-state index >= 15 is 0 Å².